The molecule has 2 N–H and O–H groups in total. The molecular formula is C13H18N2O2. The lowest BCUT2D eigenvalue weighted by atomic mass is 9.67. The smallest absolute Gasteiger partial charge is 0.337 e. The van der Waals surface area contributed by atoms with E-state index in [0.29, 0.717) is 16.7 Å². The van der Waals surface area contributed by atoms with Gasteiger partial charge < -0.3 is 10.4 Å². The van der Waals surface area contributed by atoms with Gasteiger partial charge in [-0.25, -0.2) is 4.79 Å². The molecule has 1 fully saturated rings. The number of aromatic nitrogens is 1. The first kappa shape index (κ1) is 11.9. The quantitative estimate of drug-likeness (QED) is 0.822. The molecule has 4 nitrogen and oxygen atoms in total. The summed E-state index contributed by atoms with van der Waals surface area (Å²) in [6, 6.07) is 1.53. The van der Waals surface area contributed by atoms with E-state index >= 15 is 0 Å². The lowest BCUT2D eigenvalue weighted by molar-refractivity contribution is 0.0697. The number of pyridine rings is 1. The molecule has 1 aromatic heterocycles. The largest absolute Gasteiger partial charge is 0.478 e. The van der Waals surface area contributed by atoms with Crippen LogP contribution in [0.2, 0.25) is 0 Å². The number of hydrogen-bond donors (Lipinski definition) is 2. The van der Waals surface area contributed by atoms with Crippen molar-refractivity contribution in [2.24, 2.45) is 5.41 Å². The van der Waals surface area contributed by atoms with Crippen LogP contribution in [0.3, 0.4) is 0 Å². The average molecular weight is 234 g/mol. The van der Waals surface area contributed by atoms with E-state index in [2.05, 4.69) is 17.2 Å². The fraction of sp³-hybridized carbons (Fsp3) is 0.538. The summed E-state index contributed by atoms with van der Waals surface area (Å²) in [4.78, 5) is 15.0. The molecule has 4 heteroatoms. The Morgan fingerprint density at radius 2 is 2.35 bits per heavy atom. The molecule has 1 aliphatic rings. The second-order valence-corrected chi connectivity index (χ2v) is 4.79. The second kappa shape index (κ2) is 4.73. The number of aromatic carboxylic acids is 1. The van der Waals surface area contributed by atoms with Crippen molar-refractivity contribution in [1.29, 1.82) is 0 Å². The second-order valence-electron chi connectivity index (χ2n) is 4.79. The molecule has 0 unspecified atom stereocenters. The zero-order valence-electron chi connectivity index (χ0n) is 10.1. The highest BCUT2D eigenvalue weighted by atomic mass is 16.4. The van der Waals surface area contributed by atoms with Crippen LogP contribution in [-0.4, -0.2) is 22.6 Å². The summed E-state index contributed by atoms with van der Waals surface area (Å²) in [7, 11) is 0. The van der Waals surface area contributed by atoms with E-state index < -0.39 is 5.97 Å². The molecule has 0 amide bonds. The van der Waals surface area contributed by atoms with Crippen LogP contribution >= 0.6 is 0 Å². The highest BCUT2D eigenvalue weighted by molar-refractivity contribution is 5.93. The van der Waals surface area contributed by atoms with Gasteiger partial charge in [-0.1, -0.05) is 13.3 Å². The molecule has 1 aliphatic carbocycles. The predicted molar refractivity (Wildman–Crippen MR) is 66.3 cm³/mol. The molecule has 0 aromatic carbocycles. The molecule has 0 aliphatic heterocycles. The van der Waals surface area contributed by atoms with Gasteiger partial charge >= 0.3 is 5.97 Å². The van der Waals surface area contributed by atoms with Gasteiger partial charge in [0.15, 0.2) is 0 Å². The Hall–Kier alpha value is -1.58. The lowest BCUT2D eigenvalue weighted by Crippen LogP contribution is -2.36. The van der Waals surface area contributed by atoms with Crippen LogP contribution in [-0.2, 0) is 0 Å². The summed E-state index contributed by atoms with van der Waals surface area (Å²) >= 11 is 0. The third-order valence-corrected chi connectivity index (χ3v) is 3.87. The summed E-state index contributed by atoms with van der Waals surface area (Å²) in [5.41, 5.74) is 1.29. The molecule has 0 spiro atoms. The monoisotopic (exact) mass is 234 g/mol. The fourth-order valence-electron chi connectivity index (χ4n) is 2.34. The van der Waals surface area contributed by atoms with Gasteiger partial charge in [0.1, 0.15) is 0 Å². The predicted octanol–water partition coefficient (Wildman–Crippen LogP) is 2.77. The Balaban J connectivity index is 2.06. The van der Waals surface area contributed by atoms with Crippen LogP contribution in [0.15, 0.2) is 18.5 Å². The van der Waals surface area contributed by atoms with Gasteiger partial charge in [-0.3, -0.25) is 4.98 Å². The number of nitrogens with zero attached hydrogens (tertiary/aromatic N) is 1. The standard InChI is InChI=1S/C13H18N2O2/c1-2-13(5-3-6-13)9-15-11-8-14-7-4-10(11)12(16)17/h4,7-8,15H,2-3,5-6,9H2,1H3,(H,16,17). The van der Waals surface area contributed by atoms with Gasteiger partial charge in [0.05, 0.1) is 17.4 Å². The van der Waals surface area contributed by atoms with E-state index in [1.54, 1.807) is 6.20 Å². The highest BCUT2D eigenvalue weighted by Gasteiger charge is 2.34. The topological polar surface area (TPSA) is 62.2 Å². The maximum atomic E-state index is 11.0. The molecule has 1 saturated carbocycles. The molecule has 1 aromatic rings. The molecular weight excluding hydrogens is 216 g/mol. The van der Waals surface area contributed by atoms with Crippen LogP contribution < -0.4 is 5.32 Å². The van der Waals surface area contributed by atoms with Crippen LogP contribution in [0.25, 0.3) is 0 Å². The van der Waals surface area contributed by atoms with E-state index in [1.807, 2.05) is 0 Å². The van der Waals surface area contributed by atoms with Gasteiger partial charge in [0.25, 0.3) is 0 Å². The Kier molecular flexibility index (Phi) is 3.31. The van der Waals surface area contributed by atoms with Gasteiger partial charge in [-0.2, -0.15) is 0 Å². The first-order valence-corrected chi connectivity index (χ1v) is 6.08. The van der Waals surface area contributed by atoms with Crippen LogP contribution in [0.1, 0.15) is 43.0 Å². The molecule has 17 heavy (non-hydrogen) atoms. The first-order chi connectivity index (χ1) is 8.17. The summed E-state index contributed by atoms with van der Waals surface area (Å²) in [6.45, 7) is 3.04. The maximum Gasteiger partial charge on any atom is 0.337 e. The third-order valence-electron chi connectivity index (χ3n) is 3.87. The number of carboxylic acids is 1. The Morgan fingerprint density at radius 1 is 1.59 bits per heavy atom. The van der Waals surface area contributed by atoms with E-state index in [4.69, 9.17) is 5.11 Å². The van der Waals surface area contributed by atoms with Crippen molar-refractivity contribution in [3.63, 3.8) is 0 Å². The van der Waals surface area contributed by atoms with Crippen LogP contribution in [0.5, 0.6) is 0 Å². The first-order valence-electron chi connectivity index (χ1n) is 6.08. The number of carbonyl (C=O) groups is 1. The molecule has 0 saturated heterocycles. The zero-order chi connectivity index (χ0) is 12.3. The van der Waals surface area contributed by atoms with Crippen molar-refractivity contribution in [1.82, 2.24) is 4.98 Å². The van der Waals surface area contributed by atoms with Crippen molar-refractivity contribution >= 4 is 11.7 Å². The zero-order valence-corrected chi connectivity index (χ0v) is 10.1. The van der Waals surface area contributed by atoms with Crippen molar-refractivity contribution in [3.8, 4) is 0 Å². The summed E-state index contributed by atoms with van der Waals surface area (Å²) in [5.74, 6) is -0.908. The minimum Gasteiger partial charge on any atom is -0.478 e. The number of rotatable bonds is 5. The summed E-state index contributed by atoms with van der Waals surface area (Å²) in [5, 5.41) is 12.3. The van der Waals surface area contributed by atoms with Crippen molar-refractivity contribution in [2.75, 3.05) is 11.9 Å². The minimum atomic E-state index is -0.908. The van der Waals surface area contributed by atoms with Crippen molar-refractivity contribution < 1.29 is 9.90 Å². The van der Waals surface area contributed by atoms with Gasteiger partial charge in [-0.15, -0.1) is 0 Å². The molecule has 1 heterocycles. The number of hydrogen-bond acceptors (Lipinski definition) is 3. The maximum absolute atomic E-state index is 11.0. The van der Waals surface area contributed by atoms with Crippen molar-refractivity contribution in [2.45, 2.75) is 32.6 Å². The number of anilines is 1. The average Bonchev–Trinajstić information content (AvgIpc) is 2.28. The Bertz CT molecular complexity index is 408. The molecule has 2 rings (SSSR count). The van der Waals surface area contributed by atoms with E-state index in [-0.39, 0.29) is 0 Å². The van der Waals surface area contributed by atoms with E-state index in [9.17, 15) is 4.79 Å². The number of nitrogens with one attached hydrogen (secondary N) is 1. The van der Waals surface area contributed by atoms with E-state index in [1.165, 1.54) is 31.5 Å². The normalized spacial score (nSPS) is 17.2. The molecule has 92 valence electrons. The van der Waals surface area contributed by atoms with Gasteiger partial charge in [0.2, 0.25) is 0 Å². The molecule has 0 bridgehead atoms. The summed E-state index contributed by atoms with van der Waals surface area (Å²) in [6.07, 6.45) is 7.99. The van der Waals surface area contributed by atoms with Crippen molar-refractivity contribution in [3.05, 3.63) is 24.0 Å². The summed E-state index contributed by atoms with van der Waals surface area (Å²) < 4.78 is 0. The number of carboxylic acid groups (broad SMARTS) is 1. The van der Waals surface area contributed by atoms with Crippen LogP contribution in [0, 0.1) is 5.41 Å². The molecule has 0 radical (unpaired) electrons. The fourth-order valence-corrected chi connectivity index (χ4v) is 2.34. The lowest BCUT2D eigenvalue weighted by Gasteiger charge is -2.41. The highest BCUT2D eigenvalue weighted by Crippen LogP contribution is 2.43. The van der Waals surface area contributed by atoms with Gasteiger partial charge in [0, 0.05) is 12.7 Å². The Labute approximate surface area is 101 Å². The van der Waals surface area contributed by atoms with Crippen LogP contribution in [0.4, 0.5) is 5.69 Å². The molecule has 0 atom stereocenters. The third kappa shape index (κ3) is 2.40. The minimum absolute atomic E-state index is 0.297. The SMILES string of the molecule is CCC1(CNc2cnccc2C(=O)O)CCC1. The van der Waals surface area contributed by atoms with Gasteiger partial charge in [-0.05, 0) is 30.7 Å². The van der Waals surface area contributed by atoms with E-state index in [0.717, 1.165) is 13.0 Å². The Morgan fingerprint density at radius 3 is 2.88 bits per heavy atom.